The van der Waals surface area contributed by atoms with Crippen LogP contribution in [-0.2, 0) is 4.74 Å². The Labute approximate surface area is 80.7 Å². The van der Waals surface area contributed by atoms with Gasteiger partial charge in [0.05, 0.1) is 6.61 Å². The Morgan fingerprint density at radius 1 is 1.36 bits per heavy atom. The maximum absolute atomic E-state index is 10.9. The maximum atomic E-state index is 10.9. The first-order valence-corrected chi connectivity index (χ1v) is 4.20. The van der Waals surface area contributed by atoms with E-state index in [1.54, 1.807) is 0 Å². The number of amides is 2. The first-order chi connectivity index (χ1) is 6.56. The standard InChI is InChI=1S/C7H14N2O5/c1-8-7(13)9-6-5(12)4(11)3(10)2-14-6/h3-6,10-12H,2H2,1H3,(H2,8,9,13). The second-order valence-corrected chi connectivity index (χ2v) is 3.03. The molecule has 0 aromatic carbocycles. The lowest BCUT2D eigenvalue weighted by atomic mass is 10.0. The second kappa shape index (κ2) is 4.56. The van der Waals surface area contributed by atoms with Gasteiger partial charge in [0.2, 0.25) is 0 Å². The number of hydrogen-bond acceptors (Lipinski definition) is 5. The number of carbonyl (C=O) groups is 1. The van der Waals surface area contributed by atoms with Gasteiger partial charge in [0.1, 0.15) is 18.3 Å². The van der Waals surface area contributed by atoms with Crippen LogP contribution in [0.25, 0.3) is 0 Å². The zero-order valence-corrected chi connectivity index (χ0v) is 7.67. The van der Waals surface area contributed by atoms with E-state index >= 15 is 0 Å². The van der Waals surface area contributed by atoms with E-state index in [0.717, 1.165) is 0 Å². The lowest BCUT2D eigenvalue weighted by molar-refractivity contribution is -0.191. The summed E-state index contributed by atoms with van der Waals surface area (Å²) in [5.74, 6) is 0. The first kappa shape index (κ1) is 11.2. The van der Waals surface area contributed by atoms with Crippen molar-refractivity contribution >= 4 is 6.03 Å². The predicted octanol–water partition coefficient (Wildman–Crippen LogP) is -2.65. The minimum absolute atomic E-state index is 0.132. The summed E-state index contributed by atoms with van der Waals surface area (Å²) in [4.78, 5) is 10.9. The molecule has 7 heteroatoms. The summed E-state index contributed by atoms with van der Waals surface area (Å²) in [5.41, 5.74) is 0. The van der Waals surface area contributed by atoms with Gasteiger partial charge in [-0.1, -0.05) is 0 Å². The third-order valence-electron chi connectivity index (χ3n) is 2.00. The van der Waals surface area contributed by atoms with Gasteiger partial charge in [-0.05, 0) is 0 Å². The second-order valence-electron chi connectivity index (χ2n) is 3.03. The highest BCUT2D eigenvalue weighted by Crippen LogP contribution is 2.13. The summed E-state index contributed by atoms with van der Waals surface area (Å²) in [6.07, 6.45) is -4.79. The minimum Gasteiger partial charge on any atom is -0.388 e. The van der Waals surface area contributed by atoms with Crippen LogP contribution >= 0.6 is 0 Å². The van der Waals surface area contributed by atoms with Gasteiger partial charge in [0.15, 0.2) is 6.23 Å². The van der Waals surface area contributed by atoms with Gasteiger partial charge in [-0.15, -0.1) is 0 Å². The molecule has 4 unspecified atom stereocenters. The molecule has 1 saturated heterocycles. The van der Waals surface area contributed by atoms with Gasteiger partial charge >= 0.3 is 6.03 Å². The van der Waals surface area contributed by atoms with Crippen LogP contribution in [0.5, 0.6) is 0 Å². The first-order valence-electron chi connectivity index (χ1n) is 4.20. The van der Waals surface area contributed by atoms with E-state index in [0.29, 0.717) is 0 Å². The van der Waals surface area contributed by atoms with Crippen LogP contribution in [0.4, 0.5) is 4.79 Å². The molecule has 1 heterocycles. The summed E-state index contributed by atoms with van der Waals surface area (Å²) in [6.45, 7) is -0.132. The average molecular weight is 206 g/mol. The molecule has 1 fully saturated rings. The Kier molecular flexibility index (Phi) is 3.64. The number of carbonyl (C=O) groups excluding carboxylic acids is 1. The molecule has 0 radical (unpaired) electrons. The van der Waals surface area contributed by atoms with Gasteiger partial charge < -0.3 is 30.7 Å². The molecule has 5 N–H and O–H groups in total. The summed E-state index contributed by atoms with van der Waals surface area (Å²) in [5, 5.41) is 32.3. The zero-order chi connectivity index (χ0) is 10.7. The molecule has 0 bridgehead atoms. The molecule has 1 aliphatic rings. The Balaban J connectivity index is 2.50. The van der Waals surface area contributed by atoms with E-state index in [9.17, 15) is 15.0 Å². The maximum Gasteiger partial charge on any atom is 0.316 e. The van der Waals surface area contributed by atoms with E-state index in [-0.39, 0.29) is 6.61 Å². The molecular weight excluding hydrogens is 192 g/mol. The van der Waals surface area contributed by atoms with Crippen LogP contribution in [0.3, 0.4) is 0 Å². The topological polar surface area (TPSA) is 111 Å². The Morgan fingerprint density at radius 3 is 2.57 bits per heavy atom. The molecule has 0 spiro atoms. The van der Waals surface area contributed by atoms with Crippen molar-refractivity contribution in [2.75, 3.05) is 13.7 Å². The molecule has 4 atom stereocenters. The molecule has 1 rings (SSSR count). The van der Waals surface area contributed by atoms with Crippen molar-refractivity contribution < 1.29 is 24.9 Å². The third kappa shape index (κ3) is 2.32. The Hall–Kier alpha value is -0.890. The quantitative estimate of drug-likeness (QED) is 0.322. The lowest BCUT2D eigenvalue weighted by Crippen LogP contribution is -2.59. The summed E-state index contributed by atoms with van der Waals surface area (Å²) >= 11 is 0. The highest BCUT2D eigenvalue weighted by atomic mass is 16.5. The van der Waals surface area contributed by atoms with Crippen LogP contribution in [0.15, 0.2) is 0 Å². The largest absolute Gasteiger partial charge is 0.388 e. The number of rotatable bonds is 1. The van der Waals surface area contributed by atoms with Crippen molar-refractivity contribution in [3.05, 3.63) is 0 Å². The van der Waals surface area contributed by atoms with E-state index in [4.69, 9.17) is 9.84 Å². The molecule has 0 aromatic heterocycles. The van der Waals surface area contributed by atoms with Crippen LogP contribution in [-0.4, -0.2) is 59.5 Å². The third-order valence-corrected chi connectivity index (χ3v) is 2.00. The van der Waals surface area contributed by atoms with E-state index in [2.05, 4.69) is 10.6 Å². The fourth-order valence-electron chi connectivity index (χ4n) is 1.13. The van der Waals surface area contributed by atoms with E-state index in [1.807, 2.05) is 0 Å². The fraction of sp³-hybridized carbons (Fsp3) is 0.857. The van der Waals surface area contributed by atoms with Gasteiger partial charge in [-0.25, -0.2) is 4.79 Å². The van der Waals surface area contributed by atoms with Crippen molar-refractivity contribution in [3.63, 3.8) is 0 Å². The number of hydrogen-bond donors (Lipinski definition) is 5. The minimum atomic E-state index is -1.34. The van der Waals surface area contributed by atoms with Crippen LogP contribution in [0.2, 0.25) is 0 Å². The van der Waals surface area contributed by atoms with Crippen molar-refractivity contribution in [1.82, 2.24) is 10.6 Å². The van der Waals surface area contributed by atoms with E-state index in [1.165, 1.54) is 7.05 Å². The molecule has 0 saturated carbocycles. The normalized spacial score (nSPS) is 37.7. The predicted molar refractivity (Wildman–Crippen MR) is 45.4 cm³/mol. The van der Waals surface area contributed by atoms with Crippen molar-refractivity contribution in [1.29, 1.82) is 0 Å². The molecular formula is C7H14N2O5. The highest BCUT2D eigenvalue weighted by molar-refractivity contribution is 5.73. The number of nitrogens with one attached hydrogen (secondary N) is 2. The van der Waals surface area contributed by atoms with Gasteiger partial charge in [0.25, 0.3) is 0 Å². The SMILES string of the molecule is CNC(=O)NC1OCC(O)C(O)C1O. The molecule has 7 nitrogen and oxygen atoms in total. The van der Waals surface area contributed by atoms with Crippen molar-refractivity contribution in [2.45, 2.75) is 24.5 Å². The smallest absolute Gasteiger partial charge is 0.316 e. The summed E-state index contributed by atoms with van der Waals surface area (Å²) in [6, 6.07) is -0.530. The number of aliphatic hydroxyl groups is 3. The van der Waals surface area contributed by atoms with Crippen LogP contribution in [0.1, 0.15) is 0 Å². The fourth-order valence-corrected chi connectivity index (χ4v) is 1.13. The zero-order valence-electron chi connectivity index (χ0n) is 7.67. The summed E-state index contributed by atoms with van der Waals surface area (Å²) < 4.78 is 4.91. The number of ether oxygens (including phenoxy) is 1. The summed E-state index contributed by atoms with van der Waals surface area (Å²) in [7, 11) is 1.41. The van der Waals surface area contributed by atoms with Crippen LogP contribution in [0, 0.1) is 0 Å². The lowest BCUT2D eigenvalue weighted by Gasteiger charge is -2.35. The molecule has 14 heavy (non-hydrogen) atoms. The van der Waals surface area contributed by atoms with Crippen molar-refractivity contribution in [3.8, 4) is 0 Å². The molecule has 2 amide bonds. The van der Waals surface area contributed by atoms with E-state index < -0.39 is 30.6 Å². The Bertz CT molecular complexity index is 212. The monoisotopic (exact) mass is 206 g/mol. The van der Waals surface area contributed by atoms with Crippen LogP contribution < -0.4 is 10.6 Å². The Morgan fingerprint density at radius 2 is 2.00 bits per heavy atom. The molecule has 1 aliphatic heterocycles. The highest BCUT2D eigenvalue weighted by Gasteiger charge is 2.38. The van der Waals surface area contributed by atoms with Gasteiger partial charge in [0, 0.05) is 7.05 Å². The number of aliphatic hydroxyl groups excluding tert-OH is 3. The molecule has 0 aliphatic carbocycles. The van der Waals surface area contributed by atoms with Gasteiger partial charge in [-0.3, -0.25) is 0 Å². The number of urea groups is 1. The van der Waals surface area contributed by atoms with Crippen molar-refractivity contribution in [2.24, 2.45) is 0 Å². The average Bonchev–Trinajstić information content (AvgIpc) is 2.19. The molecule has 82 valence electrons. The molecule has 0 aromatic rings. The van der Waals surface area contributed by atoms with Gasteiger partial charge in [-0.2, -0.15) is 0 Å².